The van der Waals surface area contributed by atoms with Gasteiger partial charge in [0.2, 0.25) is 17.2 Å². The van der Waals surface area contributed by atoms with Gasteiger partial charge >= 0.3 is 118 Å². The number of nitrogens with one attached hydrogen (secondary N) is 1. The standard InChI is InChI=1S/C35H28ClN9O15S5.4Na/c1-3-45(21-6-5-7-23(17-21)61(47,48)4-2)35-39-33(36)38-34(40-35)37-27-15-13-24-25(32(27)65(58,59)60)18-29(64(55,56)57)30(31(24)46)44-43-26-14-10-20(16-28(26)63(52,53)54)42-41-19-8-11-22(12-9-19)62(49,50)51;;;;/h4-18,46H,2-3H2,1H3,(H,49,50,51)(H,52,53,54)(H,55,56,57)(H,58,59,60)(H,37,38,39,40);;;;/q;4*+1/p-4. The molecule has 6 aromatic rings. The van der Waals surface area contributed by atoms with Crippen LogP contribution in [-0.2, 0) is 50.3 Å². The van der Waals surface area contributed by atoms with E-state index < -0.39 is 115 Å². The first-order chi connectivity index (χ1) is 30.2. The fourth-order valence-corrected chi connectivity index (χ4v) is 9.26. The molecule has 0 atom stereocenters. The van der Waals surface area contributed by atoms with Crippen molar-refractivity contribution in [2.75, 3.05) is 16.8 Å². The molecule has 340 valence electrons. The topological polar surface area (TPSA) is 387 Å². The van der Waals surface area contributed by atoms with E-state index in [-0.39, 0.29) is 153 Å². The maximum atomic E-state index is 12.8. The van der Waals surface area contributed by atoms with Crippen molar-refractivity contribution >= 4 is 119 Å². The molecule has 0 saturated heterocycles. The number of anilines is 4. The van der Waals surface area contributed by atoms with E-state index in [1.165, 1.54) is 29.2 Å². The average molecular weight is 1100 g/mol. The number of halogens is 1. The Morgan fingerprint density at radius 2 is 1.28 bits per heavy atom. The fourth-order valence-electron chi connectivity index (χ4n) is 5.80. The first kappa shape index (κ1) is 62.7. The van der Waals surface area contributed by atoms with E-state index in [0.29, 0.717) is 12.1 Å². The van der Waals surface area contributed by atoms with Crippen molar-refractivity contribution in [2.24, 2.45) is 20.5 Å². The van der Waals surface area contributed by atoms with Crippen LogP contribution in [0.5, 0.6) is 5.75 Å². The third-order valence-electron chi connectivity index (χ3n) is 8.66. The zero-order valence-corrected chi connectivity index (χ0v) is 49.1. The molecule has 0 bridgehead atoms. The second kappa shape index (κ2) is 24.5. The normalized spacial score (nSPS) is 12.1. The number of aromatic hydroxyl groups is 1. The summed E-state index contributed by atoms with van der Waals surface area (Å²) in [7, 11) is -25.6. The molecule has 2 N–H and O–H groups in total. The summed E-state index contributed by atoms with van der Waals surface area (Å²) in [6.45, 7) is 5.05. The Labute approximate surface area is 487 Å². The number of rotatable bonds is 15. The SMILES string of the molecule is C=CS(=O)(=O)c1cccc(N(CC)c2nc(Cl)nc(Nc3ccc4c(O)c(N=Nc5ccc(N=Nc6ccc(S(=O)(=O)[O-])cc6)cc5S(=O)(=O)[O-])c(S(=O)(=O)[O-])cc4c3S(=O)(=O)[O-])n2)c1.[Na+].[Na+].[Na+].[Na+]. The van der Waals surface area contributed by atoms with Gasteiger partial charge in [-0.1, -0.05) is 12.6 Å². The minimum atomic E-state index is -5.78. The third-order valence-corrected chi connectivity index (χ3v) is 13.7. The molecule has 69 heavy (non-hydrogen) atoms. The quantitative estimate of drug-likeness (QED) is 0.0549. The van der Waals surface area contributed by atoms with Crippen molar-refractivity contribution in [3.05, 3.63) is 102 Å². The van der Waals surface area contributed by atoms with Gasteiger partial charge < -0.3 is 33.5 Å². The van der Waals surface area contributed by atoms with Gasteiger partial charge in [-0.3, -0.25) is 0 Å². The molecular weight excluding hydrogens is 1070 g/mol. The van der Waals surface area contributed by atoms with Crippen LogP contribution >= 0.6 is 11.6 Å². The summed E-state index contributed by atoms with van der Waals surface area (Å²) in [6, 6.07) is 14.4. The molecule has 34 heteroatoms. The molecule has 0 amide bonds. The smallest absolute Gasteiger partial charge is 0.744 e. The minimum Gasteiger partial charge on any atom is -0.744 e. The number of azo groups is 2. The number of hydrogen-bond donors (Lipinski definition) is 2. The minimum absolute atomic E-state index is 0. The molecule has 5 aromatic carbocycles. The van der Waals surface area contributed by atoms with E-state index >= 15 is 0 Å². The van der Waals surface area contributed by atoms with E-state index in [2.05, 4.69) is 47.3 Å². The van der Waals surface area contributed by atoms with Crippen LogP contribution in [0.25, 0.3) is 10.8 Å². The maximum absolute atomic E-state index is 12.8. The molecule has 0 aliphatic rings. The number of fused-ring (bicyclic) bond motifs is 1. The van der Waals surface area contributed by atoms with Gasteiger partial charge in [-0.05, 0) is 97.4 Å². The molecule has 0 radical (unpaired) electrons. The van der Waals surface area contributed by atoms with Crippen LogP contribution in [0, 0.1) is 0 Å². The summed E-state index contributed by atoms with van der Waals surface area (Å²) < 4.78 is 171. The first-order valence-corrected chi connectivity index (χ1v) is 24.9. The van der Waals surface area contributed by atoms with E-state index in [1.807, 2.05) is 0 Å². The summed E-state index contributed by atoms with van der Waals surface area (Å²) in [5.41, 5.74) is -2.65. The van der Waals surface area contributed by atoms with Gasteiger partial charge in [0.15, 0.2) is 15.6 Å². The molecular formula is C35H24ClN9Na4O15S5. The molecule has 1 heterocycles. The largest absolute Gasteiger partial charge is 1.00 e. The monoisotopic (exact) mass is 1100 g/mol. The van der Waals surface area contributed by atoms with Crippen LogP contribution in [0.3, 0.4) is 0 Å². The van der Waals surface area contributed by atoms with Gasteiger partial charge in [0.1, 0.15) is 51.8 Å². The molecule has 1 aromatic heterocycles. The Kier molecular flexibility index (Phi) is 22.3. The van der Waals surface area contributed by atoms with Gasteiger partial charge in [0, 0.05) is 28.4 Å². The second-order valence-electron chi connectivity index (χ2n) is 12.8. The summed E-state index contributed by atoms with van der Waals surface area (Å²) in [6.07, 6.45) is 0. The molecule has 0 aliphatic heterocycles. The van der Waals surface area contributed by atoms with Crippen molar-refractivity contribution < 1.29 is 184 Å². The molecule has 0 aliphatic carbocycles. The summed E-state index contributed by atoms with van der Waals surface area (Å²) >= 11 is 6.18. The van der Waals surface area contributed by atoms with Crippen LogP contribution < -0.4 is 128 Å². The maximum Gasteiger partial charge on any atom is 1.00 e. The summed E-state index contributed by atoms with van der Waals surface area (Å²) in [5, 5.41) is 27.1. The average Bonchev–Trinajstić information content (AvgIpc) is 3.21. The van der Waals surface area contributed by atoms with Gasteiger partial charge in [0.25, 0.3) is 0 Å². The molecule has 0 spiro atoms. The number of phenols is 1. The predicted molar refractivity (Wildman–Crippen MR) is 223 cm³/mol. The van der Waals surface area contributed by atoms with E-state index in [9.17, 15) is 65.4 Å². The van der Waals surface area contributed by atoms with Crippen LogP contribution in [0.1, 0.15) is 6.92 Å². The Morgan fingerprint density at radius 3 is 1.84 bits per heavy atom. The number of aromatic nitrogens is 3. The summed E-state index contributed by atoms with van der Waals surface area (Å²) in [5.74, 6) is -1.97. The summed E-state index contributed by atoms with van der Waals surface area (Å²) in [4.78, 5) is 9.01. The number of sulfone groups is 1. The Balaban J connectivity index is 0.00000408. The Bertz CT molecular complexity index is 3600. The predicted octanol–water partition coefficient (Wildman–Crippen LogP) is -6.33. The fraction of sp³-hybridized carbons (Fsp3) is 0.0571. The number of nitrogens with zero attached hydrogens (tertiary/aromatic N) is 8. The van der Waals surface area contributed by atoms with Crippen LogP contribution in [0.2, 0.25) is 5.28 Å². The molecule has 6 rings (SSSR count). The van der Waals surface area contributed by atoms with Crippen molar-refractivity contribution in [3.63, 3.8) is 0 Å². The van der Waals surface area contributed by atoms with E-state index in [0.717, 1.165) is 53.9 Å². The second-order valence-corrected chi connectivity index (χ2v) is 20.4. The Morgan fingerprint density at radius 1 is 0.667 bits per heavy atom. The molecule has 0 unspecified atom stereocenters. The van der Waals surface area contributed by atoms with Gasteiger partial charge in [-0.25, -0.2) is 42.1 Å². The van der Waals surface area contributed by atoms with Crippen LogP contribution in [-0.4, -0.2) is 86.9 Å². The zero-order chi connectivity index (χ0) is 47.9. The van der Waals surface area contributed by atoms with E-state index in [1.54, 1.807) is 6.92 Å². The molecule has 0 fully saturated rings. The van der Waals surface area contributed by atoms with Crippen molar-refractivity contribution in [2.45, 2.75) is 31.4 Å². The van der Waals surface area contributed by atoms with Crippen molar-refractivity contribution in [1.82, 2.24) is 15.0 Å². The number of hydrogen-bond acceptors (Lipinski definition) is 24. The Hall–Kier alpha value is -2.41. The van der Waals surface area contributed by atoms with Gasteiger partial charge in [-0.15, -0.1) is 10.2 Å². The van der Waals surface area contributed by atoms with Gasteiger partial charge in [-0.2, -0.15) is 25.2 Å². The molecule has 24 nitrogen and oxygen atoms in total. The van der Waals surface area contributed by atoms with E-state index in [4.69, 9.17) is 11.6 Å². The first-order valence-electron chi connectivity index (χ1n) is 17.4. The van der Waals surface area contributed by atoms with Crippen molar-refractivity contribution in [3.8, 4) is 5.75 Å². The third kappa shape index (κ3) is 15.1. The van der Waals surface area contributed by atoms with Crippen LogP contribution in [0.4, 0.5) is 46.0 Å². The van der Waals surface area contributed by atoms with Crippen LogP contribution in [0.15, 0.2) is 142 Å². The number of benzene rings is 5. The van der Waals surface area contributed by atoms with Gasteiger partial charge in [0.05, 0.1) is 41.5 Å². The molecule has 0 saturated carbocycles. The number of phenolic OH excluding ortho intramolecular Hbond substituents is 1. The zero-order valence-electron chi connectivity index (χ0n) is 36.2. The van der Waals surface area contributed by atoms with Crippen molar-refractivity contribution in [1.29, 1.82) is 0 Å².